The molecule has 0 radical (unpaired) electrons. The monoisotopic (exact) mass is 398 g/mol. The standard InChI is InChI=1S/C16H11ClF3N5S/c17-9-3-1-4-10(7-9)22-14(21)25-15-23-11(12-5-2-6-26-12)8-13(24-15)16(18,19)20/h1-8H,(H3,21,22,23,24,25)/p+1. The summed E-state index contributed by atoms with van der Waals surface area (Å²) in [7, 11) is 0. The minimum Gasteiger partial charge on any atom is -0.322 e. The van der Waals surface area contributed by atoms with E-state index in [0.717, 1.165) is 6.07 Å². The fourth-order valence-electron chi connectivity index (χ4n) is 2.07. The van der Waals surface area contributed by atoms with Gasteiger partial charge in [0.1, 0.15) is 5.69 Å². The molecule has 0 aliphatic carbocycles. The quantitative estimate of drug-likeness (QED) is 0.468. The molecule has 0 aliphatic rings. The molecule has 0 saturated carbocycles. The second-order valence-corrected chi connectivity index (χ2v) is 6.50. The average Bonchev–Trinajstić information content (AvgIpc) is 3.08. The molecule has 0 unspecified atom stereocenters. The number of alkyl halides is 3. The zero-order chi connectivity index (χ0) is 18.7. The van der Waals surface area contributed by atoms with Gasteiger partial charge in [0.25, 0.3) is 5.96 Å². The van der Waals surface area contributed by atoms with Gasteiger partial charge in [0.2, 0.25) is 0 Å². The smallest absolute Gasteiger partial charge is 0.322 e. The summed E-state index contributed by atoms with van der Waals surface area (Å²) >= 11 is 7.15. The van der Waals surface area contributed by atoms with Gasteiger partial charge in [0, 0.05) is 11.1 Å². The highest BCUT2D eigenvalue weighted by molar-refractivity contribution is 7.13. The van der Waals surface area contributed by atoms with Gasteiger partial charge in [0.15, 0.2) is 5.69 Å². The van der Waals surface area contributed by atoms with E-state index >= 15 is 0 Å². The molecule has 26 heavy (non-hydrogen) atoms. The lowest BCUT2D eigenvalue weighted by atomic mass is 10.3. The van der Waals surface area contributed by atoms with Crippen LogP contribution in [0.2, 0.25) is 5.02 Å². The van der Waals surface area contributed by atoms with Gasteiger partial charge in [0.05, 0.1) is 10.6 Å². The van der Waals surface area contributed by atoms with Crippen LogP contribution in [0.15, 0.2) is 47.8 Å². The number of thiophene rings is 1. The number of nitrogens with two attached hydrogens (primary N) is 1. The number of hydrogen-bond acceptors (Lipinski definition) is 3. The van der Waals surface area contributed by atoms with Crippen LogP contribution < -0.4 is 16.0 Å². The summed E-state index contributed by atoms with van der Waals surface area (Å²) in [5.41, 5.74) is 5.46. The van der Waals surface area contributed by atoms with Gasteiger partial charge in [-0.25, -0.2) is 4.99 Å². The third-order valence-electron chi connectivity index (χ3n) is 3.14. The van der Waals surface area contributed by atoms with E-state index in [9.17, 15) is 13.2 Å². The topological polar surface area (TPSA) is 77.8 Å². The van der Waals surface area contributed by atoms with Gasteiger partial charge in [-0.1, -0.05) is 23.7 Å². The minimum atomic E-state index is -4.61. The maximum Gasteiger partial charge on any atom is 0.443 e. The summed E-state index contributed by atoms with van der Waals surface area (Å²) in [5.74, 6) is -0.307. The Balaban J connectivity index is 1.96. The van der Waals surface area contributed by atoms with Crippen molar-refractivity contribution in [2.45, 2.75) is 6.18 Å². The van der Waals surface area contributed by atoms with Crippen molar-refractivity contribution >= 4 is 40.5 Å². The number of guanidine groups is 1. The summed E-state index contributed by atoms with van der Waals surface area (Å²) in [6.07, 6.45) is -4.61. The van der Waals surface area contributed by atoms with E-state index < -0.39 is 11.9 Å². The Hall–Kier alpha value is -2.65. The fraction of sp³-hybridized carbons (Fsp3) is 0.0625. The molecular weight excluding hydrogens is 387 g/mol. The molecule has 0 bridgehead atoms. The summed E-state index contributed by atoms with van der Waals surface area (Å²) in [5, 5.41) is 5.02. The van der Waals surface area contributed by atoms with Crippen molar-refractivity contribution in [3.8, 4) is 10.6 Å². The lowest BCUT2D eigenvalue weighted by Gasteiger charge is -2.05. The minimum absolute atomic E-state index is 0.0382. The van der Waals surface area contributed by atoms with Crippen molar-refractivity contribution in [1.29, 1.82) is 0 Å². The van der Waals surface area contributed by atoms with E-state index in [1.54, 1.807) is 41.8 Å². The molecule has 0 spiro atoms. The average molecular weight is 399 g/mol. The highest BCUT2D eigenvalue weighted by Gasteiger charge is 2.36. The van der Waals surface area contributed by atoms with Crippen molar-refractivity contribution in [3.05, 3.63) is 58.6 Å². The van der Waals surface area contributed by atoms with E-state index in [4.69, 9.17) is 17.3 Å². The largest absolute Gasteiger partial charge is 0.443 e. The van der Waals surface area contributed by atoms with Crippen molar-refractivity contribution in [1.82, 2.24) is 9.97 Å². The third kappa shape index (κ3) is 4.50. The summed E-state index contributed by atoms with van der Waals surface area (Å²) in [6.45, 7) is 0. The van der Waals surface area contributed by atoms with Crippen LogP contribution in [0.3, 0.4) is 0 Å². The van der Waals surface area contributed by atoms with E-state index in [1.807, 2.05) is 0 Å². The van der Waals surface area contributed by atoms with Gasteiger partial charge in [-0.3, -0.25) is 5.32 Å². The van der Waals surface area contributed by atoms with Gasteiger partial charge in [-0.05, 0) is 29.6 Å². The maximum absolute atomic E-state index is 13.1. The maximum atomic E-state index is 13.1. The summed E-state index contributed by atoms with van der Waals surface area (Å²) < 4.78 is 39.4. The van der Waals surface area contributed by atoms with Gasteiger partial charge < -0.3 is 5.73 Å². The first-order valence-corrected chi connectivity index (χ1v) is 8.49. The van der Waals surface area contributed by atoms with E-state index in [0.29, 0.717) is 15.6 Å². The summed E-state index contributed by atoms with van der Waals surface area (Å²) in [4.78, 5) is 10.7. The molecule has 0 amide bonds. The van der Waals surface area contributed by atoms with Gasteiger partial charge in [-0.15, -0.1) is 21.3 Å². The van der Waals surface area contributed by atoms with Gasteiger partial charge >= 0.3 is 12.1 Å². The predicted molar refractivity (Wildman–Crippen MR) is 95.2 cm³/mol. The normalized spacial score (nSPS) is 12.2. The van der Waals surface area contributed by atoms with E-state index in [1.165, 1.54) is 11.3 Å². The van der Waals surface area contributed by atoms with Crippen LogP contribution >= 0.6 is 22.9 Å². The Morgan fingerprint density at radius 1 is 1.15 bits per heavy atom. The molecule has 1 aromatic carbocycles. The molecule has 5 nitrogen and oxygen atoms in total. The molecule has 0 fully saturated rings. The Morgan fingerprint density at radius 3 is 2.62 bits per heavy atom. The molecule has 0 atom stereocenters. The molecule has 4 N–H and O–H groups in total. The number of nitrogens with zero attached hydrogens (tertiary/aromatic N) is 2. The number of anilines is 1. The molecule has 2 aromatic heterocycles. The molecule has 10 heteroatoms. The Labute approximate surface area is 155 Å². The zero-order valence-electron chi connectivity index (χ0n) is 13.0. The lowest BCUT2D eigenvalue weighted by molar-refractivity contribution is -0.365. The number of hydrogen-bond donors (Lipinski definition) is 3. The molecular formula is C16H12ClF3N5S+. The predicted octanol–water partition coefficient (Wildman–Crippen LogP) is 3.02. The number of nitrogens with one attached hydrogen (secondary N) is 2. The number of rotatable bonds is 3. The van der Waals surface area contributed by atoms with Crippen molar-refractivity contribution < 1.29 is 18.2 Å². The highest BCUT2D eigenvalue weighted by Crippen LogP contribution is 2.31. The van der Waals surface area contributed by atoms with Crippen molar-refractivity contribution in [3.63, 3.8) is 0 Å². The Morgan fingerprint density at radius 2 is 1.96 bits per heavy atom. The molecule has 3 aromatic rings. The first kappa shape index (κ1) is 18.2. The SMILES string of the molecule is NC(Nc1cccc(Cl)c1)=[NH+]c1nc(-c2cccs2)cc(C(F)(F)F)n1. The van der Waals surface area contributed by atoms with Gasteiger partial charge in [-0.2, -0.15) is 13.2 Å². The highest BCUT2D eigenvalue weighted by atomic mass is 35.5. The van der Waals surface area contributed by atoms with Crippen LogP contribution in [0.1, 0.15) is 5.69 Å². The number of benzene rings is 1. The molecule has 0 saturated heterocycles. The first-order valence-electron chi connectivity index (χ1n) is 7.23. The third-order valence-corrected chi connectivity index (χ3v) is 4.27. The van der Waals surface area contributed by atoms with Crippen LogP contribution in [0.5, 0.6) is 0 Å². The van der Waals surface area contributed by atoms with Crippen LogP contribution in [0.25, 0.3) is 10.6 Å². The van der Waals surface area contributed by atoms with Crippen molar-refractivity contribution in [2.75, 3.05) is 5.32 Å². The second kappa shape index (κ2) is 7.30. The molecule has 0 aliphatic heterocycles. The van der Waals surface area contributed by atoms with Crippen LogP contribution in [0, 0.1) is 0 Å². The summed E-state index contributed by atoms with van der Waals surface area (Å²) in [6, 6.07) is 11.0. The zero-order valence-corrected chi connectivity index (χ0v) is 14.6. The first-order chi connectivity index (χ1) is 12.3. The number of halogens is 4. The molecule has 2 heterocycles. The second-order valence-electron chi connectivity index (χ2n) is 5.11. The fourth-order valence-corrected chi connectivity index (χ4v) is 2.95. The van der Waals surface area contributed by atoms with E-state index in [2.05, 4.69) is 20.3 Å². The molecule has 134 valence electrons. The van der Waals surface area contributed by atoms with Crippen LogP contribution in [-0.2, 0) is 6.18 Å². The Bertz CT molecular complexity index is 941. The lowest BCUT2D eigenvalue weighted by Crippen LogP contribution is -2.72. The van der Waals surface area contributed by atoms with Crippen molar-refractivity contribution in [2.24, 2.45) is 5.73 Å². The molecule has 3 rings (SSSR count). The number of aromatic nitrogens is 2. The van der Waals surface area contributed by atoms with E-state index in [-0.39, 0.29) is 17.6 Å². The van der Waals surface area contributed by atoms with Crippen LogP contribution in [-0.4, -0.2) is 15.9 Å². The van der Waals surface area contributed by atoms with Crippen LogP contribution in [0.4, 0.5) is 24.8 Å². The Kier molecular flexibility index (Phi) is 5.10.